The summed E-state index contributed by atoms with van der Waals surface area (Å²) in [7, 11) is -2.68. The molecule has 1 N–H and O–H groups in total. The number of ether oxygens (including phenoxy) is 1. The van der Waals surface area contributed by atoms with Gasteiger partial charge in [-0.1, -0.05) is 78.3 Å². The number of methoxy groups -OCH3 is 1. The molecule has 0 aliphatic rings. The average molecular weight is 662 g/mol. The molecule has 0 aliphatic heterocycles. The van der Waals surface area contributed by atoms with Crippen LogP contribution in [0.2, 0.25) is 5.02 Å². The van der Waals surface area contributed by atoms with Gasteiger partial charge in [-0.25, -0.2) is 8.42 Å². The van der Waals surface area contributed by atoms with Crippen molar-refractivity contribution in [2.45, 2.75) is 57.1 Å². The maximum Gasteiger partial charge on any atom is 0.264 e. The predicted octanol–water partition coefficient (Wildman–Crippen LogP) is 6.41. The van der Waals surface area contributed by atoms with Crippen molar-refractivity contribution in [3.8, 4) is 5.75 Å². The molecule has 8 nitrogen and oxygen atoms in total. The highest BCUT2D eigenvalue weighted by Crippen LogP contribution is 2.30. The van der Waals surface area contributed by atoms with E-state index in [0.717, 1.165) is 9.87 Å². The lowest BCUT2D eigenvalue weighted by atomic mass is 10.0. The first-order chi connectivity index (χ1) is 21.8. The van der Waals surface area contributed by atoms with Gasteiger partial charge in [0.2, 0.25) is 11.8 Å². The number of carbonyl (C=O) groups is 2. The number of benzene rings is 4. The van der Waals surface area contributed by atoms with Crippen molar-refractivity contribution in [2.24, 2.45) is 0 Å². The van der Waals surface area contributed by atoms with Crippen molar-refractivity contribution < 1.29 is 22.7 Å². The van der Waals surface area contributed by atoms with E-state index in [0.29, 0.717) is 21.9 Å². The fourth-order valence-electron chi connectivity index (χ4n) is 5.06. The Labute approximate surface area is 277 Å². The van der Waals surface area contributed by atoms with Crippen LogP contribution in [0.4, 0.5) is 5.69 Å². The van der Waals surface area contributed by atoms with Gasteiger partial charge >= 0.3 is 0 Å². The topological polar surface area (TPSA) is 96.0 Å². The summed E-state index contributed by atoms with van der Waals surface area (Å²) in [6, 6.07) is 28.5. The van der Waals surface area contributed by atoms with Gasteiger partial charge in [0.05, 0.1) is 17.7 Å². The SMILES string of the molecule is COc1cccc(CN(C(=O)CN(c2cc(Cl)ccc2C)S(=O)(=O)c2ccccc2)[C@@H](Cc2ccccc2)C(=O)NC(C)(C)C)c1. The zero-order valence-corrected chi connectivity index (χ0v) is 28.3. The quantitative estimate of drug-likeness (QED) is 0.189. The third-order valence-electron chi connectivity index (χ3n) is 7.31. The molecule has 10 heteroatoms. The number of amides is 2. The fourth-order valence-corrected chi connectivity index (χ4v) is 6.72. The van der Waals surface area contributed by atoms with Crippen LogP contribution >= 0.6 is 11.6 Å². The maximum atomic E-state index is 14.6. The van der Waals surface area contributed by atoms with E-state index >= 15 is 0 Å². The molecule has 0 saturated heterocycles. The summed E-state index contributed by atoms with van der Waals surface area (Å²) in [5, 5.41) is 3.35. The second kappa shape index (κ2) is 14.8. The molecule has 0 unspecified atom stereocenters. The number of aryl methyl sites for hydroxylation is 1. The minimum absolute atomic E-state index is 0.0211. The zero-order chi connectivity index (χ0) is 33.5. The Morgan fingerprint density at radius 2 is 1.50 bits per heavy atom. The van der Waals surface area contributed by atoms with E-state index < -0.39 is 34.1 Å². The smallest absolute Gasteiger partial charge is 0.264 e. The van der Waals surface area contributed by atoms with Gasteiger partial charge in [0, 0.05) is 23.5 Å². The lowest BCUT2D eigenvalue weighted by Gasteiger charge is -2.35. The van der Waals surface area contributed by atoms with E-state index in [1.54, 1.807) is 62.6 Å². The van der Waals surface area contributed by atoms with Gasteiger partial charge in [-0.2, -0.15) is 0 Å². The van der Waals surface area contributed by atoms with Crippen LogP contribution in [-0.2, 0) is 32.6 Å². The summed E-state index contributed by atoms with van der Waals surface area (Å²) < 4.78 is 34.9. The van der Waals surface area contributed by atoms with Gasteiger partial charge in [-0.3, -0.25) is 13.9 Å². The zero-order valence-electron chi connectivity index (χ0n) is 26.7. The predicted molar refractivity (Wildman–Crippen MR) is 183 cm³/mol. The van der Waals surface area contributed by atoms with Crippen LogP contribution in [0.1, 0.15) is 37.5 Å². The molecule has 0 aliphatic carbocycles. The lowest BCUT2D eigenvalue weighted by Crippen LogP contribution is -2.56. The maximum absolute atomic E-state index is 14.6. The van der Waals surface area contributed by atoms with Gasteiger partial charge in [-0.15, -0.1) is 0 Å². The number of hydrogen-bond acceptors (Lipinski definition) is 5. The molecule has 4 rings (SSSR count). The van der Waals surface area contributed by atoms with Crippen molar-refractivity contribution in [2.75, 3.05) is 18.0 Å². The molecule has 0 fully saturated rings. The summed E-state index contributed by atoms with van der Waals surface area (Å²) in [5.74, 6) is -0.331. The Morgan fingerprint density at radius 3 is 2.13 bits per heavy atom. The lowest BCUT2D eigenvalue weighted by molar-refractivity contribution is -0.140. The van der Waals surface area contributed by atoms with Gasteiger partial charge in [0.1, 0.15) is 18.3 Å². The molecular formula is C36H40ClN3O5S. The average Bonchev–Trinajstić information content (AvgIpc) is 3.02. The van der Waals surface area contributed by atoms with Crippen LogP contribution in [0.5, 0.6) is 5.75 Å². The Morgan fingerprint density at radius 1 is 0.870 bits per heavy atom. The molecule has 0 heterocycles. The Bertz CT molecular complexity index is 1760. The van der Waals surface area contributed by atoms with Crippen LogP contribution in [-0.4, -0.2) is 50.4 Å². The molecule has 0 radical (unpaired) electrons. The molecular weight excluding hydrogens is 622 g/mol. The third-order valence-corrected chi connectivity index (χ3v) is 9.32. The van der Waals surface area contributed by atoms with Crippen LogP contribution in [0.3, 0.4) is 0 Å². The summed E-state index contributed by atoms with van der Waals surface area (Å²) in [4.78, 5) is 30.1. The van der Waals surface area contributed by atoms with Crippen LogP contribution in [0.15, 0.2) is 108 Å². The second-order valence-corrected chi connectivity index (χ2v) is 14.4. The first-order valence-corrected chi connectivity index (χ1v) is 16.7. The van der Waals surface area contributed by atoms with Crippen LogP contribution in [0, 0.1) is 6.92 Å². The molecule has 242 valence electrons. The molecule has 4 aromatic carbocycles. The number of halogens is 1. The largest absolute Gasteiger partial charge is 0.497 e. The molecule has 46 heavy (non-hydrogen) atoms. The second-order valence-electron chi connectivity index (χ2n) is 12.1. The minimum atomic E-state index is -4.23. The number of nitrogens with one attached hydrogen (secondary N) is 1. The summed E-state index contributed by atoms with van der Waals surface area (Å²) in [6.07, 6.45) is 0.208. The molecule has 4 aromatic rings. The molecule has 2 amide bonds. The molecule has 1 atom stereocenters. The summed E-state index contributed by atoms with van der Waals surface area (Å²) in [5.41, 5.74) is 1.86. The number of anilines is 1. The van der Waals surface area contributed by atoms with Crippen molar-refractivity contribution in [3.63, 3.8) is 0 Å². The Kier molecular flexibility index (Phi) is 11.1. The van der Waals surface area contributed by atoms with E-state index in [1.165, 1.54) is 23.1 Å². The molecule has 0 bridgehead atoms. The molecule has 0 spiro atoms. The van der Waals surface area contributed by atoms with Crippen molar-refractivity contribution in [3.05, 3.63) is 125 Å². The summed E-state index contributed by atoms with van der Waals surface area (Å²) >= 11 is 6.35. The monoisotopic (exact) mass is 661 g/mol. The normalized spacial score (nSPS) is 12.2. The fraction of sp³-hybridized carbons (Fsp3) is 0.278. The highest BCUT2D eigenvalue weighted by atomic mass is 35.5. The number of nitrogens with zero attached hydrogens (tertiary/aromatic N) is 2. The van der Waals surface area contributed by atoms with Crippen molar-refractivity contribution in [1.29, 1.82) is 0 Å². The van der Waals surface area contributed by atoms with Gasteiger partial charge in [0.25, 0.3) is 10.0 Å². The Balaban J connectivity index is 1.85. The number of carbonyl (C=O) groups excluding carboxylic acids is 2. The number of sulfonamides is 1. The highest BCUT2D eigenvalue weighted by Gasteiger charge is 2.36. The van der Waals surface area contributed by atoms with Gasteiger partial charge in [0.15, 0.2) is 0 Å². The molecule has 0 aromatic heterocycles. The van der Waals surface area contributed by atoms with E-state index in [4.69, 9.17) is 16.3 Å². The van der Waals surface area contributed by atoms with Gasteiger partial charge < -0.3 is 15.0 Å². The number of hydrogen-bond donors (Lipinski definition) is 1. The van der Waals surface area contributed by atoms with E-state index in [9.17, 15) is 18.0 Å². The van der Waals surface area contributed by atoms with Gasteiger partial charge in [-0.05, 0) is 80.8 Å². The van der Waals surface area contributed by atoms with Crippen LogP contribution in [0.25, 0.3) is 0 Å². The Hall–Kier alpha value is -4.34. The van der Waals surface area contributed by atoms with E-state index in [-0.39, 0.29) is 29.5 Å². The highest BCUT2D eigenvalue weighted by molar-refractivity contribution is 7.92. The first-order valence-electron chi connectivity index (χ1n) is 14.9. The van der Waals surface area contributed by atoms with E-state index in [2.05, 4.69) is 5.32 Å². The van der Waals surface area contributed by atoms with Crippen molar-refractivity contribution in [1.82, 2.24) is 10.2 Å². The van der Waals surface area contributed by atoms with Crippen molar-refractivity contribution >= 4 is 39.1 Å². The molecule has 0 saturated carbocycles. The third kappa shape index (κ3) is 8.89. The summed E-state index contributed by atoms with van der Waals surface area (Å²) in [6.45, 7) is 6.82. The minimum Gasteiger partial charge on any atom is -0.497 e. The first kappa shape index (κ1) is 34.5. The number of rotatable bonds is 12. The van der Waals surface area contributed by atoms with E-state index in [1.807, 2.05) is 57.2 Å². The van der Waals surface area contributed by atoms with Crippen LogP contribution < -0.4 is 14.4 Å². The standard InChI is InChI=1S/C36H40ClN3O5S/c1-26-19-20-29(37)23-32(26)40(46(43,44)31-17-10-7-11-18-31)25-34(41)39(24-28-15-12-16-30(21-28)45-5)33(35(42)38-36(2,3)4)22-27-13-8-6-9-14-27/h6-21,23,33H,22,24-25H2,1-5H3,(H,38,42)/t33-/m0/s1.